The number of ether oxygens (including phenoxy) is 3. The van der Waals surface area contributed by atoms with E-state index < -0.39 is 36.0 Å². The molecule has 2 atom stereocenters. The molecule has 0 fully saturated rings. The lowest BCUT2D eigenvalue weighted by Crippen LogP contribution is -2.50. The van der Waals surface area contributed by atoms with Crippen molar-refractivity contribution in [3.8, 4) is 5.75 Å². The first kappa shape index (κ1) is 31.6. The zero-order valence-electron chi connectivity index (χ0n) is 23.3. The summed E-state index contributed by atoms with van der Waals surface area (Å²) >= 11 is 0. The highest BCUT2D eigenvalue weighted by Gasteiger charge is 2.30. The van der Waals surface area contributed by atoms with E-state index in [0.29, 0.717) is 17.9 Å². The van der Waals surface area contributed by atoms with Gasteiger partial charge in [-0.15, -0.1) is 0 Å². The number of aliphatic hydroxyl groups is 1. The second-order valence-electron chi connectivity index (χ2n) is 9.19. The van der Waals surface area contributed by atoms with Crippen molar-refractivity contribution in [1.82, 2.24) is 16.0 Å². The van der Waals surface area contributed by atoms with Gasteiger partial charge in [-0.2, -0.15) is 0 Å². The quantitative estimate of drug-likeness (QED) is 0.201. The molecule has 4 N–H and O–H groups in total. The molecule has 11 nitrogen and oxygen atoms in total. The summed E-state index contributed by atoms with van der Waals surface area (Å²) in [5.41, 5.74) is 2.10. The smallest absolute Gasteiger partial charge is 0.408 e. The number of alkyl carbamates (subject to hydrolysis) is 1. The van der Waals surface area contributed by atoms with Crippen LogP contribution in [0.5, 0.6) is 5.75 Å². The van der Waals surface area contributed by atoms with Crippen LogP contribution in [-0.4, -0.2) is 55.2 Å². The van der Waals surface area contributed by atoms with E-state index in [1.807, 2.05) is 36.4 Å². The maximum Gasteiger partial charge on any atom is 0.408 e. The van der Waals surface area contributed by atoms with E-state index in [1.54, 1.807) is 48.5 Å². The monoisotopic (exact) mass is 577 g/mol. The Labute approximate surface area is 244 Å². The third kappa shape index (κ3) is 10.9. The fraction of sp³-hybridized carbons (Fsp3) is 0.290. The second-order valence-corrected chi connectivity index (χ2v) is 9.19. The Balaban J connectivity index is 1.60. The van der Waals surface area contributed by atoms with E-state index >= 15 is 0 Å². The van der Waals surface area contributed by atoms with Crippen molar-refractivity contribution in [2.45, 2.75) is 38.2 Å². The van der Waals surface area contributed by atoms with Crippen LogP contribution >= 0.6 is 0 Å². The summed E-state index contributed by atoms with van der Waals surface area (Å²) in [7, 11) is 1.25. The van der Waals surface area contributed by atoms with Gasteiger partial charge in [-0.05, 0) is 28.8 Å². The lowest BCUT2D eigenvalue weighted by Gasteiger charge is -2.24. The van der Waals surface area contributed by atoms with Crippen LogP contribution < -0.4 is 20.7 Å². The Morgan fingerprint density at radius 1 is 0.762 bits per heavy atom. The SMILES string of the molecule is COC(=O)CCNC(=O)CCNC(=O)[C@@H](NC(=O)OCc1ccccc1)[C@H](O)c1ccc(OCc2ccccc2)cc1. The van der Waals surface area contributed by atoms with Gasteiger partial charge in [0, 0.05) is 19.5 Å². The van der Waals surface area contributed by atoms with E-state index in [2.05, 4.69) is 20.7 Å². The summed E-state index contributed by atoms with van der Waals surface area (Å²) in [5.74, 6) is -1.01. The average Bonchev–Trinajstić information content (AvgIpc) is 3.02. The number of carbonyl (C=O) groups is 4. The van der Waals surface area contributed by atoms with Gasteiger partial charge in [0.2, 0.25) is 11.8 Å². The number of amides is 3. The number of carbonyl (C=O) groups excluding carboxylic acids is 4. The van der Waals surface area contributed by atoms with Crippen molar-refractivity contribution >= 4 is 23.9 Å². The minimum absolute atomic E-state index is 0.0218. The second kappa shape index (κ2) is 17.0. The molecule has 11 heteroatoms. The number of nitrogens with one attached hydrogen (secondary N) is 3. The lowest BCUT2D eigenvalue weighted by molar-refractivity contribution is -0.140. The summed E-state index contributed by atoms with van der Waals surface area (Å²) in [6, 6.07) is 23.7. The Kier molecular flexibility index (Phi) is 12.8. The standard InChI is InChI=1S/C31H35N3O8/c1-40-27(36)17-19-32-26(35)16-18-33-30(38)28(34-31(39)42-21-23-10-6-3-7-11-23)29(37)24-12-14-25(15-13-24)41-20-22-8-4-2-5-9-22/h2-15,28-29,37H,16-21H2,1H3,(H,32,35)(H,33,38)(H,34,39)/t28-,29+/m0/s1. The molecule has 0 radical (unpaired) electrons. The Morgan fingerprint density at radius 3 is 1.98 bits per heavy atom. The molecule has 0 aliphatic carbocycles. The van der Waals surface area contributed by atoms with Gasteiger partial charge in [0.15, 0.2) is 0 Å². The fourth-order valence-electron chi connectivity index (χ4n) is 3.78. The number of rotatable bonds is 15. The molecule has 0 aromatic heterocycles. The first-order valence-corrected chi connectivity index (χ1v) is 13.4. The molecule has 3 aromatic carbocycles. The number of aliphatic hydroxyl groups excluding tert-OH is 1. The molecule has 0 spiro atoms. The van der Waals surface area contributed by atoms with Crippen molar-refractivity contribution < 1.29 is 38.5 Å². The highest BCUT2D eigenvalue weighted by molar-refractivity contribution is 5.87. The molecular weight excluding hydrogens is 542 g/mol. The molecule has 0 saturated carbocycles. The van der Waals surface area contributed by atoms with E-state index in [9.17, 15) is 24.3 Å². The molecule has 0 aliphatic heterocycles. The maximum atomic E-state index is 13.1. The van der Waals surface area contributed by atoms with Gasteiger partial charge >= 0.3 is 12.1 Å². The molecule has 3 amide bonds. The van der Waals surface area contributed by atoms with Gasteiger partial charge < -0.3 is 35.3 Å². The van der Waals surface area contributed by atoms with Crippen LogP contribution in [0.15, 0.2) is 84.9 Å². The van der Waals surface area contributed by atoms with Gasteiger partial charge in [0.25, 0.3) is 0 Å². The molecule has 0 unspecified atom stereocenters. The molecule has 0 saturated heterocycles. The van der Waals surface area contributed by atoms with Gasteiger partial charge in [-0.3, -0.25) is 14.4 Å². The first-order valence-electron chi connectivity index (χ1n) is 13.4. The fourth-order valence-corrected chi connectivity index (χ4v) is 3.78. The molecule has 222 valence electrons. The van der Waals surface area contributed by atoms with Crippen molar-refractivity contribution in [3.63, 3.8) is 0 Å². The van der Waals surface area contributed by atoms with Crippen LogP contribution in [0.25, 0.3) is 0 Å². The predicted octanol–water partition coefficient (Wildman–Crippen LogP) is 2.78. The van der Waals surface area contributed by atoms with Crippen LogP contribution in [0, 0.1) is 0 Å². The number of esters is 1. The van der Waals surface area contributed by atoms with Crippen molar-refractivity contribution in [1.29, 1.82) is 0 Å². The van der Waals surface area contributed by atoms with Gasteiger partial charge in [-0.1, -0.05) is 72.8 Å². The molecule has 42 heavy (non-hydrogen) atoms. The highest BCUT2D eigenvalue weighted by atomic mass is 16.5. The maximum absolute atomic E-state index is 13.1. The summed E-state index contributed by atoms with van der Waals surface area (Å²) in [5, 5.41) is 18.6. The summed E-state index contributed by atoms with van der Waals surface area (Å²) < 4.78 is 15.5. The number of benzene rings is 3. The minimum atomic E-state index is -1.44. The molecule has 0 bridgehead atoms. The zero-order valence-corrected chi connectivity index (χ0v) is 23.3. The molecular formula is C31H35N3O8. The average molecular weight is 578 g/mol. The zero-order chi connectivity index (χ0) is 30.2. The molecule has 0 aliphatic rings. The van der Waals surface area contributed by atoms with Crippen molar-refractivity contribution in [3.05, 3.63) is 102 Å². The van der Waals surface area contributed by atoms with E-state index in [-0.39, 0.29) is 32.5 Å². The largest absolute Gasteiger partial charge is 0.489 e. The van der Waals surface area contributed by atoms with Crippen LogP contribution in [0.3, 0.4) is 0 Å². The highest BCUT2D eigenvalue weighted by Crippen LogP contribution is 2.22. The Hall–Kier alpha value is -4.90. The van der Waals surface area contributed by atoms with Gasteiger partial charge in [-0.25, -0.2) is 4.79 Å². The third-order valence-corrected chi connectivity index (χ3v) is 6.08. The number of methoxy groups -OCH3 is 1. The van der Waals surface area contributed by atoms with Gasteiger partial charge in [0.05, 0.1) is 13.5 Å². The Morgan fingerprint density at radius 2 is 1.36 bits per heavy atom. The Bertz CT molecular complexity index is 1290. The van der Waals surface area contributed by atoms with Crippen LogP contribution in [0.1, 0.15) is 35.6 Å². The normalized spacial score (nSPS) is 11.9. The topological polar surface area (TPSA) is 152 Å². The van der Waals surface area contributed by atoms with Crippen LogP contribution in [-0.2, 0) is 37.1 Å². The molecule has 3 rings (SSSR count). The lowest BCUT2D eigenvalue weighted by atomic mass is 10.0. The summed E-state index contributed by atoms with van der Waals surface area (Å²) in [4.78, 5) is 48.8. The van der Waals surface area contributed by atoms with Crippen molar-refractivity contribution in [2.75, 3.05) is 20.2 Å². The molecule has 3 aromatic rings. The third-order valence-electron chi connectivity index (χ3n) is 6.08. The van der Waals surface area contributed by atoms with Crippen LogP contribution in [0.2, 0.25) is 0 Å². The molecule has 0 heterocycles. The van der Waals surface area contributed by atoms with Crippen molar-refractivity contribution in [2.24, 2.45) is 0 Å². The van der Waals surface area contributed by atoms with E-state index in [4.69, 9.17) is 9.47 Å². The van der Waals surface area contributed by atoms with Crippen LogP contribution in [0.4, 0.5) is 4.79 Å². The summed E-state index contributed by atoms with van der Waals surface area (Å²) in [6.45, 7) is 0.356. The summed E-state index contributed by atoms with van der Waals surface area (Å²) in [6.07, 6.45) is -2.40. The number of hydrogen-bond donors (Lipinski definition) is 4. The first-order chi connectivity index (χ1) is 20.4. The van der Waals surface area contributed by atoms with Gasteiger partial charge in [0.1, 0.15) is 31.1 Å². The van der Waals surface area contributed by atoms with E-state index in [0.717, 1.165) is 11.1 Å². The van der Waals surface area contributed by atoms with E-state index in [1.165, 1.54) is 7.11 Å². The predicted molar refractivity (Wildman–Crippen MR) is 153 cm³/mol. The number of hydrogen-bond acceptors (Lipinski definition) is 8. The minimum Gasteiger partial charge on any atom is -0.489 e.